The van der Waals surface area contributed by atoms with Gasteiger partial charge in [-0.15, -0.1) is 0 Å². The summed E-state index contributed by atoms with van der Waals surface area (Å²) in [6.07, 6.45) is 4.83. The van der Waals surface area contributed by atoms with Gasteiger partial charge in [-0.05, 0) is 38.8 Å². The summed E-state index contributed by atoms with van der Waals surface area (Å²) in [5.41, 5.74) is 4.09. The van der Waals surface area contributed by atoms with E-state index in [-0.39, 0.29) is 0 Å². The summed E-state index contributed by atoms with van der Waals surface area (Å²) in [6, 6.07) is 0. The van der Waals surface area contributed by atoms with Crippen LogP contribution in [0.1, 0.15) is 53.4 Å². The van der Waals surface area contributed by atoms with Gasteiger partial charge in [-0.2, -0.15) is 0 Å². The zero-order valence-electron chi connectivity index (χ0n) is 10.9. The van der Waals surface area contributed by atoms with Crippen molar-refractivity contribution in [1.82, 2.24) is 9.96 Å². The van der Waals surface area contributed by atoms with Gasteiger partial charge in [0.1, 0.15) is 0 Å². The molecule has 0 bridgehead atoms. The van der Waals surface area contributed by atoms with Crippen molar-refractivity contribution in [2.24, 2.45) is 0 Å². The van der Waals surface area contributed by atoms with Crippen LogP contribution in [0.4, 0.5) is 0 Å². The third-order valence-electron chi connectivity index (χ3n) is 2.54. The minimum Gasteiger partial charge on any atom is -0.325 e. The van der Waals surface area contributed by atoms with Gasteiger partial charge < -0.3 is 9.96 Å². The van der Waals surface area contributed by atoms with Crippen LogP contribution in [0.15, 0.2) is 11.3 Å². The van der Waals surface area contributed by atoms with E-state index in [0.717, 1.165) is 13.1 Å². The summed E-state index contributed by atoms with van der Waals surface area (Å²) < 4.78 is 0. The lowest BCUT2D eigenvalue weighted by Gasteiger charge is -2.15. The molecule has 0 spiro atoms. The average Bonchev–Trinajstić information content (AvgIpc) is 2.28. The van der Waals surface area contributed by atoms with Gasteiger partial charge in [0.15, 0.2) is 0 Å². The standard InChI is InChI=1S/C12H28N2Si/c1-5-9-13-15(14-10-6-2)11-12(7-3)8-4/h11,13-15H,5-10H2,1-4H3. The highest BCUT2D eigenvalue weighted by molar-refractivity contribution is 6.59. The predicted molar refractivity (Wildman–Crippen MR) is 72.4 cm³/mol. The fourth-order valence-electron chi connectivity index (χ4n) is 1.51. The van der Waals surface area contributed by atoms with Gasteiger partial charge in [0.05, 0.1) is 0 Å². The van der Waals surface area contributed by atoms with E-state index < -0.39 is 9.12 Å². The zero-order valence-corrected chi connectivity index (χ0v) is 12.1. The van der Waals surface area contributed by atoms with Gasteiger partial charge in [0.2, 0.25) is 9.12 Å². The number of nitrogens with one attached hydrogen (secondary N) is 2. The van der Waals surface area contributed by atoms with Crippen molar-refractivity contribution in [2.45, 2.75) is 53.4 Å². The molecule has 0 radical (unpaired) electrons. The van der Waals surface area contributed by atoms with Crippen LogP contribution in [0.25, 0.3) is 0 Å². The molecule has 0 fully saturated rings. The molecule has 0 unspecified atom stereocenters. The van der Waals surface area contributed by atoms with E-state index in [1.807, 2.05) is 0 Å². The van der Waals surface area contributed by atoms with Crippen LogP contribution < -0.4 is 9.96 Å². The smallest absolute Gasteiger partial charge is 0.210 e. The van der Waals surface area contributed by atoms with E-state index in [0.29, 0.717) is 0 Å². The Balaban J connectivity index is 4.13. The predicted octanol–water partition coefficient (Wildman–Crippen LogP) is 2.49. The third-order valence-corrected chi connectivity index (χ3v) is 4.80. The van der Waals surface area contributed by atoms with Gasteiger partial charge in [0.25, 0.3) is 0 Å². The van der Waals surface area contributed by atoms with Crippen molar-refractivity contribution in [3.05, 3.63) is 11.3 Å². The molecule has 2 N–H and O–H groups in total. The Morgan fingerprint density at radius 3 is 1.73 bits per heavy atom. The number of rotatable bonds is 9. The summed E-state index contributed by atoms with van der Waals surface area (Å²) >= 11 is 0. The molecule has 0 heterocycles. The lowest BCUT2D eigenvalue weighted by atomic mass is 10.2. The van der Waals surface area contributed by atoms with E-state index in [9.17, 15) is 0 Å². The molecule has 0 amide bonds. The summed E-state index contributed by atoms with van der Waals surface area (Å²) in [4.78, 5) is 7.31. The first-order valence-electron chi connectivity index (χ1n) is 6.44. The first-order valence-corrected chi connectivity index (χ1v) is 8.26. The Morgan fingerprint density at radius 1 is 0.933 bits per heavy atom. The number of hydrogen-bond donors (Lipinski definition) is 2. The minimum atomic E-state index is -1.02. The molecule has 0 aliphatic rings. The highest BCUT2D eigenvalue weighted by Gasteiger charge is 2.06. The van der Waals surface area contributed by atoms with Crippen LogP contribution in [-0.4, -0.2) is 22.2 Å². The minimum absolute atomic E-state index is 1.02. The highest BCUT2D eigenvalue weighted by atomic mass is 28.3. The normalized spacial score (nSPS) is 10.7. The summed E-state index contributed by atoms with van der Waals surface area (Å²) in [5, 5.41) is 0. The molecule has 90 valence electrons. The Morgan fingerprint density at radius 2 is 1.40 bits per heavy atom. The van der Waals surface area contributed by atoms with Crippen LogP contribution in [0.2, 0.25) is 0 Å². The highest BCUT2D eigenvalue weighted by Crippen LogP contribution is 2.04. The largest absolute Gasteiger partial charge is 0.325 e. The maximum atomic E-state index is 3.65. The molecule has 0 atom stereocenters. The molecule has 0 aliphatic heterocycles. The maximum Gasteiger partial charge on any atom is 0.210 e. The van der Waals surface area contributed by atoms with E-state index in [4.69, 9.17) is 0 Å². The molecular weight excluding hydrogens is 200 g/mol. The van der Waals surface area contributed by atoms with Crippen molar-refractivity contribution < 1.29 is 0 Å². The van der Waals surface area contributed by atoms with Gasteiger partial charge in [0, 0.05) is 0 Å². The SMILES string of the molecule is CCCN[SiH](C=C(CC)CC)NCCC. The van der Waals surface area contributed by atoms with Crippen LogP contribution in [0, 0.1) is 0 Å². The molecule has 0 saturated carbocycles. The second kappa shape index (κ2) is 10.4. The Bertz CT molecular complexity index is 155. The average molecular weight is 228 g/mol. The molecule has 0 saturated heterocycles. The number of hydrogen-bond acceptors (Lipinski definition) is 2. The summed E-state index contributed by atoms with van der Waals surface area (Å²) in [7, 11) is -1.02. The Kier molecular flexibility index (Phi) is 10.3. The van der Waals surface area contributed by atoms with Gasteiger partial charge in [-0.1, -0.05) is 39.0 Å². The fourth-order valence-corrected chi connectivity index (χ4v) is 4.03. The maximum absolute atomic E-state index is 3.65. The lowest BCUT2D eigenvalue weighted by Crippen LogP contribution is -2.47. The van der Waals surface area contributed by atoms with Gasteiger partial charge in [-0.3, -0.25) is 0 Å². The van der Waals surface area contributed by atoms with Crippen molar-refractivity contribution in [3.63, 3.8) is 0 Å². The lowest BCUT2D eigenvalue weighted by molar-refractivity contribution is 0.795. The van der Waals surface area contributed by atoms with Crippen LogP contribution in [0.5, 0.6) is 0 Å². The van der Waals surface area contributed by atoms with E-state index >= 15 is 0 Å². The fraction of sp³-hybridized carbons (Fsp3) is 0.833. The first-order chi connectivity index (χ1) is 7.28. The van der Waals surface area contributed by atoms with Crippen LogP contribution in [0.3, 0.4) is 0 Å². The molecule has 0 aromatic carbocycles. The van der Waals surface area contributed by atoms with E-state index in [1.54, 1.807) is 5.57 Å². The molecule has 2 nitrogen and oxygen atoms in total. The van der Waals surface area contributed by atoms with Gasteiger partial charge in [-0.25, -0.2) is 0 Å². The Hall–Kier alpha value is -0.123. The van der Waals surface area contributed by atoms with Crippen molar-refractivity contribution in [3.8, 4) is 0 Å². The topological polar surface area (TPSA) is 24.1 Å². The van der Waals surface area contributed by atoms with Crippen LogP contribution >= 0.6 is 0 Å². The molecule has 3 heteroatoms. The van der Waals surface area contributed by atoms with Crippen molar-refractivity contribution in [1.29, 1.82) is 0 Å². The van der Waals surface area contributed by atoms with E-state index in [2.05, 4.69) is 43.4 Å². The monoisotopic (exact) mass is 228 g/mol. The third kappa shape index (κ3) is 7.77. The van der Waals surface area contributed by atoms with Crippen molar-refractivity contribution in [2.75, 3.05) is 13.1 Å². The Labute approximate surface area is 97.3 Å². The molecule has 0 aliphatic carbocycles. The summed E-state index contributed by atoms with van der Waals surface area (Å²) in [5.74, 6) is 0. The zero-order chi connectivity index (χ0) is 11.5. The second-order valence-corrected chi connectivity index (χ2v) is 6.02. The molecule has 0 rings (SSSR count). The molecule has 0 aromatic rings. The molecule has 15 heavy (non-hydrogen) atoms. The quantitative estimate of drug-likeness (QED) is 0.593. The van der Waals surface area contributed by atoms with Gasteiger partial charge >= 0.3 is 0 Å². The summed E-state index contributed by atoms with van der Waals surface area (Å²) in [6.45, 7) is 11.2. The molecular formula is C12H28N2Si. The molecule has 0 aromatic heterocycles. The number of allylic oxidation sites excluding steroid dienone is 1. The second-order valence-electron chi connectivity index (χ2n) is 3.92. The first kappa shape index (κ1) is 14.9. The van der Waals surface area contributed by atoms with Crippen LogP contribution in [-0.2, 0) is 0 Å². The van der Waals surface area contributed by atoms with E-state index in [1.165, 1.54) is 25.7 Å². The van der Waals surface area contributed by atoms with Crippen molar-refractivity contribution >= 4 is 9.12 Å².